The van der Waals surface area contributed by atoms with E-state index in [9.17, 15) is 0 Å². The van der Waals surface area contributed by atoms with Gasteiger partial charge in [-0.15, -0.1) is 11.3 Å². The van der Waals surface area contributed by atoms with Crippen LogP contribution in [0.2, 0.25) is 0 Å². The molecule has 1 N–H and O–H groups in total. The van der Waals surface area contributed by atoms with E-state index in [0.29, 0.717) is 6.04 Å². The quantitative estimate of drug-likeness (QED) is 0.782. The van der Waals surface area contributed by atoms with E-state index in [1.54, 1.807) is 0 Å². The summed E-state index contributed by atoms with van der Waals surface area (Å²) in [5, 5.41) is 5.70. The zero-order valence-corrected chi connectivity index (χ0v) is 10.4. The molecule has 1 nitrogen and oxygen atoms in total. The molecule has 0 aliphatic carbocycles. The number of nitrogens with one attached hydrogen (secondary N) is 1. The Labute approximate surface area is 91.5 Å². The lowest BCUT2D eigenvalue weighted by Crippen LogP contribution is -2.22. The van der Waals surface area contributed by atoms with E-state index in [4.69, 9.17) is 0 Å². The van der Waals surface area contributed by atoms with Crippen LogP contribution in [0.5, 0.6) is 0 Å². The van der Waals surface area contributed by atoms with E-state index in [1.807, 2.05) is 11.3 Å². The zero-order chi connectivity index (χ0) is 10.6. The van der Waals surface area contributed by atoms with Crippen LogP contribution < -0.4 is 5.32 Å². The molecule has 14 heavy (non-hydrogen) atoms. The van der Waals surface area contributed by atoms with E-state index in [-0.39, 0.29) is 0 Å². The molecule has 2 heteroatoms. The number of thiophene rings is 1. The maximum atomic E-state index is 3.42. The zero-order valence-electron chi connectivity index (χ0n) is 9.63. The van der Waals surface area contributed by atoms with Gasteiger partial charge in [0.1, 0.15) is 0 Å². The van der Waals surface area contributed by atoms with Crippen molar-refractivity contribution in [3.8, 4) is 0 Å². The standard InChI is InChI=1S/C12H21NS/c1-5-6-9(2)12(13-4)11-7-10(3)14-8-11/h7-9,12-13H,5-6H2,1-4H3. The normalized spacial score (nSPS) is 15.4. The van der Waals surface area contributed by atoms with Crippen molar-refractivity contribution in [3.63, 3.8) is 0 Å². The topological polar surface area (TPSA) is 12.0 Å². The van der Waals surface area contributed by atoms with E-state index < -0.39 is 0 Å². The summed E-state index contributed by atoms with van der Waals surface area (Å²) in [5.74, 6) is 0.721. The average Bonchev–Trinajstić information content (AvgIpc) is 2.54. The molecule has 0 spiro atoms. The number of hydrogen-bond donors (Lipinski definition) is 1. The molecule has 0 radical (unpaired) electrons. The lowest BCUT2D eigenvalue weighted by Gasteiger charge is -2.22. The molecule has 2 atom stereocenters. The highest BCUT2D eigenvalue weighted by Gasteiger charge is 2.17. The minimum absolute atomic E-state index is 0.528. The molecular formula is C12H21NS. The second-order valence-corrected chi connectivity index (χ2v) is 5.14. The second-order valence-electron chi connectivity index (χ2n) is 4.02. The molecule has 1 rings (SSSR count). The highest BCUT2D eigenvalue weighted by molar-refractivity contribution is 7.10. The first kappa shape index (κ1) is 11.7. The molecule has 0 fully saturated rings. The summed E-state index contributed by atoms with van der Waals surface area (Å²) in [6.07, 6.45) is 2.56. The Morgan fingerprint density at radius 2 is 2.21 bits per heavy atom. The minimum Gasteiger partial charge on any atom is -0.313 e. The number of rotatable bonds is 5. The summed E-state index contributed by atoms with van der Waals surface area (Å²) >= 11 is 1.84. The predicted octanol–water partition coefficient (Wildman–Crippen LogP) is 3.75. The summed E-state index contributed by atoms with van der Waals surface area (Å²) in [7, 11) is 2.06. The van der Waals surface area contributed by atoms with Gasteiger partial charge in [-0.25, -0.2) is 0 Å². The summed E-state index contributed by atoms with van der Waals surface area (Å²) in [5.41, 5.74) is 1.45. The molecular weight excluding hydrogens is 190 g/mol. The molecule has 0 aromatic carbocycles. The Morgan fingerprint density at radius 3 is 2.64 bits per heavy atom. The highest BCUT2D eigenvalue weighted by atomic mass is 32.1. The first-order valence-corrected chi connectivity index (χ1v) is 6.29. The second kappa shape index (κ2) is 5.52. The van der Waals surface area contributed by atoms with Crippen LogP contribution in [-0.4, -0.2) is 7.05 Å². The van der Waals surface area contributed by atoms with Gasteiger partial charge in [-0.2, -0.15) is 0 Å². The lowest BCUT2D eigenvalue weighted by atomic mass is 9.92. The summed E-state index contributed by atoms with van der Waals surface area (Å²) in [6.45, 7) is 6.76. The monoisotopic (exact) mass is 211 g/mol. The van der Waals surface area contributed by atoms with Gasteiger partial charge in [0, 0.05) is 10.9 Å². The SMILES string of the molecule is CCCC(C)C(NC)c1csc(C)c1. The molecule has 0 amide bonds. The van der Waals surface area contributed by atoms with Crippen molar-refractivity contribution in [2.75, 3.05) is 7.05 Å². The largest absolute Gasteiger partial charge is 0.313 e. The maximum Gasteiger partial charge on any atom is 0.0351 e. The van der Waals surface area contributed by atoms with Crippen molar-refractivity contribution < 1.29 is 0 Å². The summed E-state index contributed by atoms with van der Waals surface area (Å²) in [4.78, 5) is 1.41. The first-order chi connectivity index (χ1) is 6.69. The van der Waals surface area contributed by atoms with Crippen molar-refractivity contribution in [2.45, 2.75) is 39.7 Å². The molecule has 0 bridgehead atoms. The van der Waals surface area contributed by atoms with Crippen LogP contribution in [-0.2, 0) is 0 Å². The summed E-state index contributed by atoms with van der Waals surface area (Å²) in [6, 6.07) is 2.83. The van der Waals surface area contributed by atoms with Crippen LogP contribution in [0.25, 0.3) is 0 Å². The fraction of sp³-hybridized carbons (Fsp3) is 0.667. The number of hydrogen-bond acceptors (Lipinski definition) is 2. The number of aryl methyl sites for hydroxylation is 1. The van der Waals surface area contributed by atoms with Crippen molar-refractivity contribution in [1.29, 1.82) is 0 Å². The third-order valence-electron chi connectivity index (χ3n) is 2.73. The fourth-order valence-corrected chi connectivity index (χ4v) is 2.77. The molecule has 0 aliphatic heterocycles. The Bertz CT molecular complexity index is 267. The van der Waals surface area contributed by atoms with Crippen molar-refractivity contribution >= 4 is 11.3 Å². The van der Waals surface area contributed by atoms with Crippen LogP contribution in [0.1, 0.15) is 43.2 Å². The Balaban J connectivity index is 2.71. The van der Waals surface area contributed by atoms with Gasteiger partial charge in [-0.1, -0.05) is 20.3 Å². The van der Waals surface area contributed by atoms with Crippen LogP contribution in [0.3, 0.4) is 0 Å². The first-order valence-electron chi connectivity index (χ1n) is 5.41. The average molecular weight is 211 g/mol. The van der Waals surface area contributed by atoms with Crippen LogP contribution in [0.15, 0.2) is 11.4 Å². The Hall–Kier alpha value is -0.340. The van der Waals surface area contributed by atoms with Crippen molar-refractivity contribution in [2.24, 2.45) is 5.92 Å². The molecule has 80 valence electrons. The fourth-order valence-electron chi connectivity index (χ4n) is 2.03. The van der Waals surface area contributed by atoms with Gasteiger partial charge in [-0.05, 0) is 43.3 Å². The maximum absolute atomic E-state index is 3.42. The third-order valence-corrected chi connectivity index (χ3v) is 3.61. The molecule has 1 aromatic rings. The minimum atomic E-state index is 0.528. The molecule has 0 aliphatic rings. The Kier molecular flexibility index (Phi) is 4.63. The lowest BCUT2D eigenvalue weighted by molar-refractivity contribution is 0.384. The van der Waals surface area contributed by atoms with Crippen LogP contribution >= 0.6 is 11.3 Å². The van der Waals surface area contributed by atoms with Crippen molar-refractivity contribution in [3.05, 3.63) is 21.9 Å². The van der Waals surface area contributed by atoms with E-state index in [0.717, 1.165) is 5.92 Å². The third kappa shape index (κ3) is 2.82. The van der Waals surface area contributed by atoms with E-state index in [1.165, 1.54) is 23.3 Å². The van der Waals surface area contributed by atoms with Gasteiger partial charge in [0.15, 0.2) is 0 Å². The highest BCUT2D eigenvalue weighted by Crippen LogP contribution is 2.28. The van der Waals surface area contributed by atoms with E-state index in [2.05, 4.69) is 44.6 Å². The van der Waals surface area contributed by atoms with Crippen molar-refractivity contribution in [1.82, 2.24) is 5.32 Å². The molecule has 0 saturated carbocycles. The van der Waals surface area contributed by atoms with Gasteiger partial charge in [0.25, 0.3) is 0 Å². The van der Waals surface area contributed by atoms with Gasteiger partial charge >= 0.3 is 0 Å². The van der Waals surface area contributed by atoms with Gasteiger partial charge in [0.2, 0.25) is 0 Å². The molecule has 0 saturated heterocycles. The smallest absolute Gasteiger partial charge is 0.0351 e. The molecule has 1 heterocycles. The van der Waals surface area contributed by atoms with Crippen LogP contribution in [0.4, 0.5) is 0 Å². The van der Waals surface area contributed by atoms with Gasteiger partial charge < -0.3 is 5.32 Å². The summed E-state index contributed by atoms with van der Waals surface area (Å²) < 4.78 is 0. The van der Waals surface area contributed by atoms with E-state index >= 15 is 0 Å². The van der Waals surface area contributed by atoms with Crippen LogP contribution in [0, 0.1) is 12.8 Å². The Morgan fingerprint density at radius 1 is 1.50 bits per heavy atom. The van der Waals surface area contributed by atoms with Gasteiger partial charge in [0.05, 0.1) is 0 Å². The molecule has 1 aromatic heterocycles. The van der Waals surface area contributed by atoms with Gasteiger partial charge in [-0.3, -0.25) is 0 Å². The molecule has 2 unspecified atom stereocenters. The predicted molar refractivity (Wildman–Crippen MR) is 64.9 cm³/mol.